The van der Waals surface area contributed by atoms with E-state index in [1.165, 1.54) is 41.7 Å². The van der Waals surface area contributed by atoms with Crippen LogP contribution in [0.25, 0.3) is 6.08 Å². The van der Waals surface area contributed by atoms with Gasteiger partial charge in [-0.1, -0.05) is 42.5 Å². The van der Waals surface area contributed by atoms with Crippen molar-refractivity contribution >= 4 is 39.3 Å². The summed E-state index contributed by atoms with van der Waals surface area (Å²) < 4.78 is 27.5. The highest BCUT2D eigenvalue weighted by atomic mass is 32.2. The highest BCUT2D eigenvalue weighted by molar-refractivity contribution is 7.89. The molecule has 0 radical (unpaired) electrons. The Morgan fingerprint density at radius 1 is 0.933 bits per heavy atom. The minimum atomic E-state index is -3.81. The molecule has 154 valence electrons. The van der Waals surface area contributed by atoms with Crippen molar-refractivity contribution < 1.29 is 18.0 Å². The number of hydrazine groups is 1. The second-order valence-electron chi connectivity index (χ2n) is 6.13. The average Bonchev–Trinajstić information content (AvgIpc) is 3.29. The van der Waals surface area contributed by atoms with Gasteiger partial charge in [0.15, 0.2) is 0 Å². The van der Waals surface area contributed by atoms with Gasteiger partial charge in [-0.2, -0.15) is 0 Å². The van der Waals surface area contributed by atoms with Gasteiger partial charge in [-0.05, 0) is 41.3 Å². The van der Waals surface area contributed by atoms with Crippen LogP contribution in [-0.4, -0.2) is 20.2 Å². The fourth-order valence-electron chi connectivity index (χ4n) is 2.44. The number of nitrogens with one attached hydrogen (secondary N) is 3. The van der Waals surface area contributed by atoms with E-state index >= 15 is 0 Å². The lowest BCUT2D eigenvalue weighted by molar-refractivity contribution is -0.117. The van der Waals surface area contributed by atoms with E-state index in [1.807, 2.05) is 47.8 Å². The van der Waals surface area contributed by atoms with Crippen molar-refractivity contribution in [1.82, 2.24) is 15.6 Å². The van der Waals surface area contributed by atoms with Gasteiger partial charge in [0.2, 0.25) is 10.0 Å². The Kier molecular flexibility index (Phi) is 7.12. The molecule has 0 aliphatic rings. The lowest BCUT2D eigenvalue weighted by Crippen LogP contribution is -2.40. The first-order chi connectivity index (χ1) is 14.4. The minimum Gasteiger partial charge on any atom is -0.268 e. The monoisotopic (exact) mass is 441 g/mol. The molecule has 3 rings (SSSR count). The molecule has 0 saturated heterocycles. The molecule has 2 amide bonds. The highest BCUT2D eigenvalue weighted by Gasteiger charge is 2.16. The van der Waals surface area contributed by atoms with Gasteiger partial charge in [-0.15, -0.1) is 11.3 Å². The van der Waals surface area contributed by atoms with E-state index in [0.29, 0.717) is 0 Å². The van der Waals surface area contributed by atoms with Crippen LogP contribution in [0.15, 0.2) is 83.1 Å². The molecule has 0 bridgehead atoms. The smallest absolute Gasteiger partial charge is 0.268 e. The van der Waals surface area contributed by atoms with Crippen molar-refractivity contribution in [3.63, 3.8) is 0 Å². The third-order valence-electron chi connectivity index (χ3n) is 3.96. The molecule has 9 heteroatoms. The summed E-state index contributed by atoms with van der Waals surface area (Å²) in [4.78, 5) is 24.9. The van der Waals surface area contributed by atoms with Crippen LogP contribution in [0.1, 0.15) is 20.8 Å². The van der Waals surface area contributed by atoms with Gasteiger partial charge < -0.3 is 0 Å². The van der Waals surface area contributed by atoms with Gasteiger partial charge in [0.25, 0.3) is 11.8 Å². The summed E-state index contributed by atoms with van der Waals surface area (Å²) in [5, 5.41) is 1.88. The van der Waals surface area contributed by atoms with E-state index in [0.717, 1.165) is 10.4 Å². The number of thiophene rings is 1. The van der Waals surface area contributed by atoms with Gasteiger partial charge in [-0.3, -0.25) is 20.4 Å². The highest BCUT2D eigenvalue weighted by Crippen LogP contribution is 2.13. The van der Waals surface area contributed by atoms with E-state index in [1.54, 1.807) is 6.08 Å². The summed E-state index contributed by atoms with van der Waals surface area (Å²) in [5.41, 5.74) is 5.44. The number of carbonyl (C=O) groups excluding carboxylic acids is 2. The summed E-state index contributed by atoms with van der Waals surface area (Å²) in [5.74, 6) is -1.14. The van der Waals surface area contributed by atoms with Crippen molar-refractivity contribution in [1.29, 1.82) is 0 Å². The minimum absolute atomic E-state index is 0.0463. The Morgan fingerprint density at radius 2 is 1.73 bits per heavy atom. The van der Waals surface area contributed by atoms with Crippen molar-refractivity contribution in [2.24, 2.45) is 0 Å². The molecular weight excluding hydrogens is 422 g/mol. The fourth-order valence-corrected chi connectivity index (χ4v) is 4.12. The first kappa shape index (κ1) is 21.4. The molecule has 7 nitrogen and oxygen atoms in total. The quantitative estimate of drug-likeness (QED) is 0.387. The summed E-state index contributed by atoms with van der Waals surface area (Å²) in [6, 6.07) is 18.4. The van der Waals surface area contributed by atoms with E-state index in [-0.39, 0.29) is 17.0 Å². The zero-order chi connectivity index (χ0) is 21.4. The SMILES string of the molecule is O=C(/C=C/c1cccs1)NNC(=O)c1cccc(S(=O)(=O)NCc2ccccc2)c1. The van der Waals surface area contributed by atoms with Crippen LogP contribution < -0.4 is 15.6 Å². The molecule has 0 atom stereocenters. The topological polar surface area (TPSA) is 104 Å². The van der Waals surface area contributed by atoms with Crippen LogP contribution in [0.2, 0.25) is 0 Å². The van der Waals surface area contributed by atoms with E-state index in [4.69, 9.17) is 0 Å². The van der Waals surface area contributed by atoms with Gasteiger partial charge in [0, 0.05) is 23.1 Å². The number of carbonyl (C=O) groups is 2. The summed E-state index contributed by atoms with van der Waals surface area (Å²) in [7, 11) is -3.81. The third-order valence-corrected chi connectivity index (χ3v) is 6.19. The van der Waals surface area contributed by atoms with Crippen LogP contribution in [0.5, 0.6) is 0 Å². The summed E-state index contributed by atoms with van der Waals surface area (Å²) in [6.45, 7) is 0.131. The fraction of sp³-hybridized carbons (Fsp3) is 0.0476. The second-order valence-corrected chi connectivity index (χ2v) is 8.88. The number of benzene rings is 2. The Balaban J connectivity index is 1.59. The molecule has 0 aliphatic heterocycles. The number of amides is 2. The molecule has 0 unspecified atom stereocenters. The first-order valence-corrected chi connectivity index (χ1v) is 11.3. The maximum atomic E-state index is 12.5. The average molecular weight is 442 g/mol. The predicted octanol–water partition coefficient (Wildman–Crippen LogP) is 2.70. The molecule has 30 heavy (non-hydrogen) atoms. The maximum Gasteiger partial charge on any atom is 0.269 e. The number of hydrogen-bond acceptors (Lipinski definition) is 5. The van der Waals surface area contributed by atoms with Gasteiger partial charge in [0.05, 0.1) is 4.90 Å². The molecule has 0 aliphatic carbocycles. The van der Waals surface area contributed by atoms with Gasteiger partial charge in [0.1, 0.15) is 0 Å². The maximum absolute atomic E-state index is 12.5. The van der Waals surface area contributed by atoms with E-state index in [2.05, 4.69) is 15.6 Å². The molecule has 3 aromatic rings. The number of sulfonamides is 1. The van der Waals surface area contributed by atoms with Gasteiger partial charge >= 0.3 is 0 Å². The molecule has 0 spiro atoms. The summed E-state index contributed by atoms with van der Waals surface area (Å²) >= 11 is 1.48. The van der Waals surface area contributed by atoms with Crippen LogP contribution >= 0.6 is 11.3 Å². The molecule has 0 fully saturated rings. The Hall–Kier alpha value is -3.27. The second kappa shape index (κ2) is 9.97. The van der Waals surface area contributed by atoms with Crippen molar-refractivity contribution in [3.8, 4) is 0 Å². The van der Waals surface area contributed by atoms with Gasteiger partial charge in [-0.25, -0.2) is 13.1 Å². The van der Waals surface area contributed by atoms with Crippen molar-refractivity contribution in [3.05, 3.63) is 94.2 Å². The zero-order valence-electron chi connectivity index (χ0n) is 15.7. The Labute approximate surface area is 178 Å². The first-order valence-electron chi connectivity index (χ1n) is 8.89. The van der Waals surface area contributed by atoms with Crippen LogP contribution in [0.3, 0.4) is 0 Å². The number of hydrogen-bond donors (Lipinski definition) is 3. The summed E-state index contributed by atoms with van der Waals surface area (Å²) in [6.07, 6.45) is 2.91. The van der Waals surface area contributed by atoms with Crippen molar-refractivity contribution in [2.45, 2.75) is 11.4 Å². The zero-order valence-corrected chi connectivity index (χ0v) is 17.4. The van der Waals surface area contributed by atoms with E-state index in [9.17, 15) is 18.0 Å². The normalized spacial score (nSPS) is 11.3. The lowest BCUT2D eigenvalue weighted by Gasteiger charge is -2.09. The lowest BCUT2D eigenvalue weighted by atomic mass is 10.2. The van der Waals surface area contributed by atoms with Crippen LogP contribution in [0, 0.1) is 0 Å². The molecule has 1 aromatic heterocycles. The van der Waals surface area contributed by atoms with Crippen LogP contribution in [0.4, 0.5) is 0 Å². The largest absolute Gasteiger partial charge is 0.269 e. The molecule has 0 saturated carbocycles. The van der Waals surface area contributed by atoms with Crippen LogP contribution in [-0.2, 0) is 21.4 Å². The standard InChI is InChI=1S/C21H19N3O4S2/c25-20(12-11-18-9-5-13-29-18)23-24-21(26)17-8-4-10-19(14-17)30(27,28)22-15-16-6-2-1-3-7-16/h1-14,22H,15H2,(H,23,25)(H,24,26)/b12-11+. The molecular formula is C21H19N3O4S2. The van der Waals surface area contributed by atoms with E-state index < -0.39 is 21.8 Å². The molecule has 1 heterocycles. The number of rotatable bonds is 7. The third kappa shape index (κ3) is 6.11. The Bertz CT molecular complexity index is 1140. The van der Waals surface area contributed by atoms with Crippen molar-refractivity contribution in [2.75, 3.05) is 0 Å². The molecule has 2 aromatic carbocycles. The Morgan fingerprint density at radius 3 is 2.47 bits per heavy atom. The predicted molar refractivity (Wildman–Crippen MR) is 116 cm³/mol. The molecule has 3 N–H and O–H groups in total.